The fraction of sp³-hybridized carbons (Fsp3) is 0.444. The average Bonchev–Trinajstić information content (AvgIpc) is 3.15. The van der Waals surface area contributed by atoms with Gasteiger partial charge in [0.1, 0.15) is 6.04 Å². The Labute approximate surface area is 203 Å². The fourth-order valence-corrected chi connectivity index (χ4v) is 7.05. The summed E-state index contributed by atoms with van der Waals surface area (Å²) in [6, 6.07) is 15.7. The molecule has 2 aromatic rings. The van der Waals surface area contributed by atoms with Crippen LogP contribution in [-0.2, 0) is 19.1 Å². The molecule has 3 aliphatic carbocycles. The zero-order chi connectivity index (χ0) is 23.4. The molecular formula is C27H28N2O4S. The van der Waals surface area contributed by atoms with Gasteiger partial charge in [-0.25, -0.2) is 0 Å². The molecule has 5 aliphatic rings. The molecule has 0 unspecified atom stereocenters. The first-order valence-corrected chi connectivity index (χ1v) is 13.4. The minimum Gasteiger partial charge on any atom is -0.378 e. The largest absolute Gasteiger partial charge is 0.378 e. The van der Waals surface area contributed by atoms with Crippen molar-refractivity contribution in [2.45, 2.75) is 24.3 Å². The number of benzene rings is 2. The second kappa shape index (κ2) is 8.54. The van der Waals surface area contributed by atoms with Crippen LogP contribution in [0, 0.1) is 11.8 Å². The first-order chi connectivity index (χ1) is 16.6. The number of likely N-dealkylation sites (tertiary alicyclic amines) is 1. The van der Waals surface area contributed by atoms with Crippen LogP contribution in [0.4, 0.5) is 0 Å². The van der Waals surface area contributed by atoms with Crippen LogP contribution in [0.1, 0.15) is 40.5 Å². The predicted molar refractivity (Wildman–Crippen MR) is 130 cm³/mol. The molecule has 0 N–H and O–H groups in total. The topological polar surface area (TPSA) is 66.9 Å². The lowest BCUT2D eigenvalue weighted by Crippen LogP contribution is -2.54. The van der Waals surface area contributed by atoms with Gasteiger partial charge in [0.15, 0.2) is 0 Å². The number of ether oxygens (including phenoxy) is 1. The van der Waals surface area contributed by atoms with Crippen LogP contribution in [0.15, 0.2) is 48.5 Å². The van der Waals surface area contributed by atoms with Gasteiger partial charge in [-0.2, -0.15) is 11.8 Å². The summed E-state index contributed by atoms with van der Waals surface area (Å²) in [5, 5.41) is 0. The number of nitrogens with zero attached hydrogens (tertiary/aromatic N) is 2. The maximum atomic E-state index is 14.1. The zero-order valence-corrected chi connectivity index (χ0v) is 20.0. The molecule has 176 valence electrons. The van der Waals surface area contributed by atoms with Crippen molar-refractivity contribution in [2.75, 3.05) is 38.3 Å². The third-order valence-corrected chi connectivity index (χ3v) is 8.64. The Morgan fingerprint density at radius 3 is 1.82 bits per heavy atom. The van der Waals surface area contributed by atoms with E-state index in [4.69, 9.17) is 4.74 Å². The van der Waals surface area contributed by atoms with Crippen molar-refractivity contribution in [2.24, 2.45) is 11.8 Å². The maximum absolute atomic E-state index is 14.1. The van der Waals surface area contributed by atoms with Crippen LogP contribution in [0.25, 0.3) is 0 Å². The molecule has 7 heteroatoms. The van der Waals surface area contributed by atoms with Crippen molar-refractivity contribution in [1.82, 2.24) is 9.80 Å². The lowest BCUT2D eigenvalue weighted by atomic mass is 9.55. The summed E-state index contributed by atoms with van der Waals surface area (Å²) < 4.78 is 5.42. The number of hydrogen-bond acceptors (Lipinski definition) is 5. The highest BCUT2D eigenvalue weighted by atomic mass is 32.2. The Bertz CT molecular complexity index is 1050. The number of thioether (sulfide) groups is 1. The molecule has 3 amide bonds. The molecule has 6 nitrogen and oxygen atoms in total. The smallest absolute Gasteiger partial charge is 0.246 e. The van der Waals surface area contributed by atoms with E-state index in [9.17, 15) is 14.4 Å². The number of imide groups is 1. The number of amides is 3. The summed E-state index contributed by atoms with van der Waals surface area (Å²) in [5.74, 6) is -0.968. The van der Waals surface area contributed by atoms with Crippen LogP contribution in [0.2, 0.25) is 0 Å². The van der Waals surface area contributed by atoms with Gasteiger partial charge in [-0.05, 0) is 40.7 Å². The Morgan fingerprint density at radius 2 is 1.38 bits per heavy atom. The molecule has 2 fully saturated rings. The summed E-state index contributed by atoms with van der Waals surface area (Å²) in [6.07, 6.45) is 2.46. The summed E-state index contributed by atoms with van der Waals surface area (Å²) in [7, 11) is 0. The lowest BCUT2D eigenvalue weighted by molar-refractivity contribution is -0.153. The molecule has 7 rings (SSSR count). The second-order valence-electron chi connectivity index (χ2n) is 9.55. The van der Waals surface area contributed by atoms with Crippen LogP contribution < -0.4 is 0 Å². The molecule has 0 spiro atoms. The molecular weight excluding hydrogens is 448 g/mol. The van der Waals surface area contributed by atoms with Crippen molar-refractivity contribution in [3.05, 3.63) is 70.8 Å². The monoisotopic (exact) mass is 476 g/mol. The van der Waals surface area contributed by atoms with Gasteiger partial charge < -0.3 is 9.64 Å². The van der Waals surface area contributed by atoms with Gasteiger partial charge in [0.2, 0.25) is 17.7 Å². The number of carbonyl (C=O) groups excluding carboxylic acids is 3. The number of carbonyl (C=O) groups is 3. The van der Waals surface area contributed by atoms with Crippen LogP contribution in [-0.4, -0.2) is 71.9 Å². The van der Waals surface area contributed by atoms with Gasteiger partial charge in [0.25, 0.3) is 0 Å². The molecule has 34 heavy (non-hydrogen) atoms. The Kier molecular flexibility index (Phi) is 5.49. The Balaban J connectivity index is 1.42. The predicted octanol–water partition coefficient (Wildman–Crippen LogP) is 2.86. The van der Waals surface area contributed by atoms with E-state index in [2.05, 4.69) is 24.3 Å². The number of morpholine rings is 1. The van der Waals surface area contributed by atoms with Crippen molar-refractivity contribution in [1.29, 1.82) is 0 Å². The van der Waals surface area contributed by atoms with E-state index < -0.39 is 17.9 Å². The summed E-state index contributed by atoms with van der Waals surface area (Å²) in [4.78, 5) is 44.8. The number of rotatable bonds is 5. The third-order valence-electron chi connectivity index (χ3n) is 8.00. The highest BCUT2D eigenvalue weighted by Crippen LogP contribution is 2.61. The van der Waals surface area contributed by atoms with Crippen LogP contribution in [0.5, 0.6) is 0 Å². The lowest BCUT2D eigenvalue weighted by Gasteiger charge is -2.45. The van der Waals surface area contributed by atoms with Crippen LogP contribution in [0.3, 0.4) is 0 Å². The normalized spacial score (nSPS) is 27.9. The SMILES string of the molecule is CSCC[C@H](C(=O)N1CCOCC1)N1C(=O)[C@@H]2C3c4ccccc4C(c4ccccc43)[C@@H]2C1=O. The van der Waals surface area contributed by atoms with Gasteiger partial charge >= 0.3 is 0 Å². The van der Waals surface area contributed by atoms with E-state index in [1.54, 1.807) is 16.7 Å². The highest BCUT2D eigenvalue weighted by molar-refractivity contribution is 7.98. The van der Waals surface area contributed by atoms with E-state index in [0.717, 1.165) is 22.3 Å². The molecule has 2 saturated heterocycles. The molecule has 0 radical (unpaired) electrons. The van der Waals surface area contributed by atoms with Gasteiger partial charge in [0, 0.05) is 24.9 Å². The summed E-state index contributed by atoms with van der Waals surface area (Å²) in [6.45, 7) is 1.98. The van der Waals surface area contributed by atoms with Crippen molar-refractivity contribution in [3.63, 3.8) is 0 Å². The van der Waals surface area contributed by atoms with E-state index in [1.807, 2.05) is 30.5 Å². The minimum absolute atomic E-state index is 0.125. The Morgan fingerprint density at radius 1 is 0.912 bits per heavy atom. The highest BCUT2D eigenvalue weighted by Gasteiger charge is 2.63. The van der Waals surface area contributed by atoms with E-state index >= 15 is 0 Å². The van der Waals surface area contributed by atoms with Crippen molar-refractivity contribution in [3.8, 4) is 0 Å². The minimum atomic E-state index is -0.748. The summed E-state index contributed by atoms with van der Waals surface area (Å²) >= 11 is 1.63. The molecule has 0 saturated carbocycles. The second-order valence-corrected chi connectivity index (χ2v) is 10.5. The average molecular weight is 477 g/mol. The fourth-order valence-electron chi connectivity index (χ4n) is 6.59. The van der Waals surface area contributed by atoms with Crippen molar-refractivity contribution >= 4 is 29.5 Å². The summed E-state index contributed by atoms with van der Waals surface area (Å²) in [5.41, 5.74) is 4.59. The first kappa shape index (κ1) is 21.9. The molecule has 2 aliphatic heterocycles. The first-order valence-electron chi connectivity index (χ1n) is 12.0. The van der Waals surface area contributed by atoms with E-state index in [0.29, 0.717) is 38.5 Å². The Hall–Kier alpha value is -2.64. The molecule has 3 atom stereocenters. The van der Waals surface area contributed by atoms with Gasteiger partial charge in [-0.1, -0.05) is 48.5 Å². The van der Waals surface area contributed by atoms with Gasteiger partial charge in [-0.3, -0.25) is 19.3 Å². The molecule has 2 heterocycles. The third kappa shape index (κ3) is 3.09. The standard InChI is InChI=1S/C27H28N2O4S/c1-34-15-10-20(25(30)28-11-13-33-14-12-28)29-26(31)23-21-16-6-2-3-7-17(16)22(24(23)27(29)32)19-9-5-4-8-18(19)21/h2-9,20-24H,10-15H2,1H3/t20-,21?,22?,23-,24+/m1/s1. The molecule has 0 aromatic heterocycles. The van der Waals surface area contributed by atoms with Gasteiger partial charge in [-0.15, -0.1) is 0 Å². The van der Waals surface area contributed by atoms with Crippen molar-refractivity contribution < 1.29 is 19.1 Å². The molecule has 2 aromatic carbocycles. The molecule has 2 bridgehead atoms. The van der Waals surface area contributed by atoms with E-state index in [-0.39, 0.29) is 29.6 Å². The maximum Gasteiger partial charge on any atom is 0.246 e. The number of hydrogen-bond donors (Lipinski definition) is 0. The van der Waals surface area contributed by atoms with E-state index in [1.165, 1.54) is 4.90 Å². The van der Waals surface area contributed by atoms with Crippen LogP contribution >= 0.6 is 11.8 Å². The quantitative estimate of drug-likeness (QED) is 0.621. The zero-order valence-electron chi connectivity index (χ0n) is 19.2. The van der Waals surface area contributed by atoms with Gasteiger partial charge in [0.05, 0.1) is 25.0 Å².